The Morgan fingerprint density at radius 2 is 1.69 bits per heavy atom. The van der Waals surface area contributed by atoms with E-state index in [1.54, 1.807) is 31.4 Å². The van der Waals surface area contributed by atoms with Crippen LogP contribution in [0.25, 0.3) is 0 Å². The summed E-state index contributed by atoms with van der Waals surface area (Å²) in [6.45, 7) is 6.86. The lowest BCUT2D eigenvalue weighted by Crippen LogP contribution is -2.40. The van der Waals surface area contributed by atoms with Crippen molar-refractivity contribution >= 4 is 23.2 Å². The zero-order valence-electron chi connectivity index (χ0n) is 17.4. The predicted molar refractivity (Wildman–Crippen MR) is 115 cm³/mol. The lowest BCUT2D eigenvalue weighted by atomic mass is 10.1. The molecule has 0 aromatic heterocycles. The van der Waals surface area contributed by atoms with Crippen LogP contribution in [0.1, 0.15) is 31.1 Å². The topological polar surface area (TPSA) is 88.7 Å². The minimum atomic E-state index is -0.329. The molecular weight excluding hydrogens is 370 g/mol. The first-order chi connectivity index (χ1) is 13.8. The maximum Gasteiger partial charge on any atom is 0.251 e. The molecule has 0 unspecified atom stereocenters. The molecule has 0 aliphatic heterocycles. The van der Waals surface area contributed by atoms with Gasteiger partial charge in [-0.1, -0.05) is 6.07 Å². The summed E-state index contributed by atoms with van der Waals surface area (Å²) in [6.07, 6.45) is 0. The molecule has 0 fully saturated rings. The van der Waals surface area contributed by atoms with Crippen LogP contribution in [0.3, 0.4) is 0 Å². The Hall–Kier alpha value is -3.06. The van der Waals surface area contributed by atoms with Crippen LogP contribution in [-0.2, 0) is 9.53 Å². The summed E-state index contributed by atoms with van der Waals surface area (Å²) in [5, 5.41) is 8.75. The third-order valence-corrected chi connectivity index (χ3v) is 3.76. The van der Waals surface area contributed by atoms with Gasteiger partial charge in [0, 0.05) is 29.6 Å². The SMILES string of the molecule is COCCOc1ccc(NCC(=O)Nc2cccc(C(=O)NC(C)(C)C)c2)cc1. The van der Waals surface area contributed by atoms with E-state index >= 15 is 0 Å². The van der Waals surface area contributed by atoms with Crippen molar-refractivity contribution in [2.45, 2.75) is 26.3 Å². The van der Waals surface area contributed by atoms with Crippen molar-refractivity contribution in [1.82, 2.24) is 5.32 Å². The van der Waals surface area contributed by atoms with Crippen LogP contribution in [0, 0.1) is 0 Å². The summed E-state index contributed by atoms with van der Waals surface area (Å²) in [6, 6.07) is 14.2. The van der Waals surface area contributed by atoms with Gasteiger partial charge in [-0.3, -0.25) is 9.59 Å². The first kappa shape index (κ1) is 22.2. The Morgan fingerprint density at radius 3 is 2.34 bits per heavy atom. The van der Waals surface area contributed by atoms with Crippen LogP contribution in [0.5, 0.6) is 5.75 Å². The first-order valence-corrected chi connectivity index (χ1v) is 9.45. The van der Waals surface area contributed by atoms with E-state index in [0.29, 0.717) is 24.5 Å². The maximum absolute atomic E-state index is 12.3. The number of carbonyl (C=O) groups excluding carboxylic acids is 2. The molecule has 0 saturated heterocycles. The zero-order valence-corrected chi connectivity index (χ0v) is 17.4. The molecule has 3 N–H and O–H groups in total. The second kappa shape index (κ2) is 10.5. The molecule has 7 nitrogen and oxygen atoms in total. The van der Waals surface area contributed by atoms with Gasteiger partial charge in [0.25, 0.3) is 5.91 Å². The van der Waals surface area contributed by atoms with E-state index in [-0.39, 0.29) is 23.9 Å². The van der Waals surface area contributed by atoms with Crippen LogP contribution in [0.4, 0.5) is 11.4 Å². The molecule has 0 spiro atoms. The number of amides is 2. The van der Waals surface area contributed by atoms with E-state index in [1.807, 2.05) is 45.0 Å². The molecule has 0 radical (unpaired) electrons. The van der Waals surface area contributed by atoms with Gasteiger partial charge in [-0.25, -0.2) is 0 Å². The fraction of sp³-hybridized carbons (Fsp3) is 0.364. The highest BCUT2D eigenvalue weighted by Crippen LogP contribution is 2.16. The van der Waals surface area contributed by atoms with Gasteiger partial charge in [0.1, 0.15) is 12.4 Å². The van der Waals surface area contributed by atoms with Crippen LogP contribution in [-0.4, -0.2) is 44.2 Å². The normalized spacial score (nSPS) is 10.9. The number of methoxy groups -OCH3 is 1. The Kier molecular flexibility index (Phi) is 8.03. The second-order valence-electron chi connectivity index (χ2n) is 7.55. The molecule has 2 aromatic carbocycles. The van der Waals surface area contributed by atoms with Gasteiger partial charge in [0.15, 0.2) is 0 Å². The fourth-order valence-electron chi connectivity index (χ4n) is 2.45. The third kappa shape index (κ3) is 8.23. The third-order valence-electron chi connectivity index (χ3n) is 3.76. The van der Waals surface area contributed by atoms with E-state index < -0.39 is 0 Å². The molecule has 0 bridgehead atoms. The average Bonchev–Trinajstić information content (AvgIpc) is 2.66. The molecule has 7 heteroatoms. The van der Waals surface area contributed by atoms with Gasteiger partial charge in [0.05, 0.1) is 13.2 Å². The lowest BCUT2D eigenvalue weighted by molar-refractivity contribution is -0.114. The molecular formula is C22H29N3O4. The van der Waals surface area contributed by atoms with Crippen molar-refractivity contribution in [1.29, 1.82) is 0 Å². The second-order valence-corrected chi connectivity index (χ2v) is 7.55. The number of benzene rings is 2. The molecule has 0 aliphatic carbocycles. The summed E-state index contributed by atoms with van der Waals surface area (Å²) in [5.74, 6) is 0.348. The van der Waals surface area contributed by atoms with Gasteiger partial charge >= 0.3 is 0 Å². The van der Waals surface area contributed by atoms with Gasteiger partial charge in [-0.05, 0) is 63.2 Å². The highest BCUT2D eigenvalue weighted by Gasteiger charge is 2.15. The van der Waals surface area contributed by atoms with Crippen molar-refractivity contribution in [2.75, 3.05) is 37.5 Å². The average molecular weight is 399 g/mol. The van der Waals surface area contributed by atoms with Crippen molar-refractivity contribution < 1.29 is 19.1 Å². The van der Waals surface area contributed by atoms with E-state index in [1.165, 1.54) is 0 Å². The van der Waals surface area contributed by atoms with Crippen molar-refractivity contribution in [3.05, 3.63) is 54.1 Å². The molecule has 156 valence electrons. The highest BCUT2D eigenvalue weighted by molar-refractivity contribution is 5.98. The molecule has 2 aromatic rings. The minimum Gasteiger partial charge on any atom is -0.491 e. The molecule has 0 atom stereocenters. The Bertz CT molecular complexity index is 814. The summed E-state index contributed by atoms with van der Waals surface area (Å²) >= 11 is 0. The van der Waals surface area contributed by atoms with Crippen LogP contribution >= 0.6 is 0 Å². The number of ether oxygens (including phenoxy) is 2. The van der Waals surface area contributed by atoms with Crippen LogP contribution < -0.4 is 20.7 Å². The van der Waals surface area contributed by atoms with Gasteiger partial charge in [-0.2, -0.15) is 0 Å². The van der Waals surface area contributed by atoms with E-state index in [2.05, 4.69) is 16.0 Å². The van der Waals surface area contributed by atoms with Crippen LogP contribution in [0.2, 0.25) is 0 Å². The number of rotatable bonds is 9. The number of hydrogen-bond acceptors (Lipinski definition) is 5. The Labute approximate surface area is 171 Å². The van der Waals surface area contributed by atoms with Crippen LogP contribution in [0.15, 0.2) is 48.5 Å². The summed E-state index contributed by atoms with van der Waals surface area (Å²) in [4.78, 5) is 24.5. The van der Waals surface area contributed by atoms with Crippen molar-refractivity contribution in [3.63, 3.8) is 0 Å². The van der Waals surface area contributed by atoms with E-state index in [9.17, 15) is 9.59 Å². The molecule has 2 rings (SSSR count). The van der Waals surface area contributed by atoms with Crippen molar-refractivity contribution in [3.8, 4) is 5.75 Å². The smallest absolute Gasteiger partial charge is 0.251 e. The zero-order chi connectivity index (χ0) is 21.3. The molecule has 2 amide bonds. The molecule has 0 aliphatic rings. The lowest BCUT2D eigenvalue weighted by Gasteiger charge is -2.20. The highest BCUT2D eigenvalue weighted by atomic mass is 16.5. The Morgan fingerprint density at radius 1 is 0.966 bits per heavy atom. The standard InChI is InChI=1S/C22H29N3O4/c1-22(2,3)25-21(27)16-6-5-7-18(14-16)24-20(26)15-23-17-8-10-19(11-9-17)29-13-12-28-4/h5-11,14,23H,12-13,15H2,1-4H3,(H,24,26)(H,25,27). The van der Waals surface area contributed by atoms with Gasteiger partial charge in [0.2, 0.25) is 5.91 Å². The van der Waals surface area contributed by atoms with Gasteiger partial charge in [-0.15, -0.1) is 0 Å². The number of hydrogen-bond donors (Lipinski definition) is 3. The van der Waals surface area contributed by atoms with E-state index in [4.69, 9.17) is 9.47 Å². The quantitative estimate of drug-likeness (QED) is 0.563. The molecule has 0 heterocycles. The van der Waals surface area contributed by atoms with Gasteiger partial charge < -0.3 is 25.4 Å². The molecule has 0 saturated carbocycles. The predicted octanol–water partition coefficient (Wildman–Crippen LogP) is 3.29. The Balaban J connectivity index is 1.85. The number of carbonyl (C=O) groups is 2. The van der Waals surface area contributed by atoms with E-state index in [0.717, 1.165) is 11.4 Å². The monoisotopic (exact) mass is 399 g/mol. The summed E-state index contributed by atoms with van der Waals surface area (Å²) in [7, 11) is 1.62. The summed E-state index contributed by atoms with van der Waals surface area (Å²) < 4.78 is 10.4. The fourth-order valence-corrected chi connectivity index (χ4v) is 2.45. The number of nitrogens with one attached hydrogen (secondary N) is 3. The first-order valence-electron chi connectivity index (χ1n) is 9.45. The number of anilines is 2. The molecule has 29 heavy (non-hydrogen) atoms. The maximum atomic E-state index is 12.3. The minimum absolute atomic E-state index is 0.0995. The van der Waals surface area contributed by atoms with Crippen molar-refractivity contribution in [2.24, 2.45) is 0 Å². The largest absolute Gasteiger partial charge is 0.491 e. The summed E-state index contributed by atoms with van der Waals surface area (Å²) in [5.41, 5.74) is 1.54.